The van der Waals surface area contributed by atoms with E-state index in [1.165, 1.54) is 0 Å². The van der Waals surface area contributed by atoms with E-state index < -0.39 is 25.3 Å². The van der Waals surface area contributed by atoms with Gasteiger partial charge in [-0.2, -0.15) is 13.2 Å². The third kappa shape index (κ3) is 6.21. The maximum atomic E-state index is 11.8. The minimum atomic E-state index is -4.44. The van der Waals surface area contributed by atoms with Crippen molar-refractivity contribution in [1.82, 2.24) is 5.32 Å². The van der Waals surface area contributed by atoms with E-state index in [1.54, 1.807) is 24.3 Å². The molecule has 19 heavy (non-hydrogen) atoms. The average molecular weight is 277 g/mol. The first-order valence-electron chi connectivity index (χ1n) is 5.51. The Balaban J connectivity index is 2.34. The van der Waals surface area contributed by atoms with Gasteiger partial charge >= 0.3 is 6.18 Å². The van der Waals surface area contributed by atoms with Gasteiger partial charge in [0.15, 0.2) is 0 Å². The van der Waals surface area contributed by atoms with E-state index in [9.17, 15) is 18.0 Å². The molecule has 0 atom stereocenters. The van der Waals surface area contributed by atoms with E-state index in [1.807, 2.05) is 0 Å². The summed E-state index contributed by atoms with van der Waals surface area (Å²) in [6, 6.07) is 6.88. The molecule has 0 saturated carbocycles. The van der Waals surface area contributed by atoms with Crippen LogP contribution in [0.5, 0.6) is 0 Å². The third-order valence-electron chi connectivity index (χ3n) is 2.26. The lowest BCUT2D eigenvalue weighted by Crippen LogP contribution is -2.29. The monoisotopic (exact) mass is 277 g/mol. The lowest BCUT2D eigenvalue weighted by Gasteiger charge is -2.10. The van der Waals surface area contributed by atoms with Crippen LogP contribution < -0.4 is 5.32 Å². The van der Waals surface area contributed by atoms with Crippen molar-refractivity contribution in [1.29, 1.82) is 0 Å². The number of benzene rings is 1. The Bertz CT molecular complexity index is 421. The molecule has 0 fully saturated rings. The zero-order valence-electron chi connectivity index (χ0n) is 10.0. The Morgan fingerprint density at radius 2 is 1.89 bits per heavy atom. The number of alkyl halides is 3. The highest BCUT2D eigenvalue weighted by atomic mass is 19.4. The number of rotatable bonds is 6. The smallest absolute Gasteiger partial charge is 0.392 e. The van der Waals surface area contributed by atoms with Gasteiger partial charge in [-0.15, -0.1) is 0 Å². The molecule has 1 aromatic carbocycles. The van der Waals surface area contributed by atoms with Crippen molar-refractivity contribution in [3.05, 3.63) is 35.4 Å². The minimum absolute atomic E-state index is 0.130. The van der Waals surface area contributed by atoms with Crippen molar-refractivity contribution in [2.75, 3.05) is 13.2 Å². The fraction of sp³-hybridized carbons (Fsp3) is 0.417. The molecular weight excluding hydrogens is 263 g/mol. The van der Waals surface area contributed by atoms with Crippen LogP contribution in [0.15, 0.2) is 24.3 Å². The molecular formula is C12H14F3NO3. The molecule has 0 unspecified atom stereocenters. The summed E-state index contributed by atoms with van der Waals surface area (Å²) in [4.78, 5) is 11.2. The van der Waals surface area contributed by atoms with Crippen molar-refractivity contribution in [3.63, 3.8) is 0 Å². The van der Waals surface area contributed by atoms with E-state index in [0.29, 0.717) is 11.1 Å². The number of hydrogen-bond donors (Lipinski definition) is 2. The molecule has 1 amide bonds. The van der Waals surface area contributed by atoms with Gasteiger partial charge in [0.05, 0.1) is 6.61 Å². The first-order valence-corrected chi connectivity index (χ1v) is 5.51. The third-order valence-corrected chi connectivity index (χ3v) is 2.26. The molecule has 7 heteroatoms. The molecule has 0 aromatic heterocycles. The second-order valence-electron chi connectivity index (χ2n) is 3.81. The van der Waals surface area contributed by atoms with Crippen LogP contribution >= 0.6 is 0 Å². The Hall–Kier alpha value is -1.60. The summed E-state index contributed by atoms with van der Waals surface area (Å²) in [5.41, 5.74) is 1.35. The van der Waals surface area contributed by atoms with Gasteiger partial charge < -0.3 is 15.2 Å². The van der Waals surface area contributed by atoms with Crippen LogP contribution in [-0.4, -0.2) is 30.4 Å². The molecule has 0 aliphatic heterocycles. The molecule has 0 aliphatic carbocycles. The summed E-state index contributed by atoms with van der Waals surface area (Å²) >= 11 is 0. The van der Waals surface area contributed by atoms with Crippen LogP contribution in [0.25, 0.3) is 0 Å². The van der Waals surface area contributed by atoms with E-state index in [2.05, 4.69) is 10.1 Å². The molecule has 0 spiro atoms. The van der Waals surface area contributed by atoms with Gasteiger partial charge in [0.2, 0.25) is 5.91 Å². The van der Waals surface area contributed by atoms with Crippen molar-refractivity contribution in [2.24, 2.45) is 0 Å². The standard InChI is InChI=1S/C12H14F3NO3/c13-12(14,15)8-19-7-11(18)16-5-9-3-1-2-4-10(9)6-17/h1-4,17H,5-8H2,(H,16,18). The maximum absolute atomic E-state index is 11.8. The fourth-order valence-electron chi connectivity index (χ4n) is 1.39. The molecule has 0 heterocycles. The Kier molecular flexibility index (Phi) is 5.78. The fourth-order valence-corrected chi connectivity index (χ4v) is 1.39. The number of amides is 1. The number of aliphatic hydroxyl groups is 1. The van der Waals surface area contributed by atoms with Crippen molar-refractivity contribution < 1.29 is 27.8 Å². The average Bonchev–Trinajstić information content (AvgIpc) is 2.35. The van der Waals surface area contributed by atoms with Gasteiger partial charge in [-0.3, -0.25) is 4.79 Å². The van der Waals surface area contributed by atoms with Crippen LogP contribution in [0, 0.1) is 0 Å². The van der Waals surface area contributed by atoms with Crippen molar-refractivity contribution >= 4 is 5.91 Å². The number of carbonyl (C=O) groups is 1. The number of ether oxygens (including phenoxy) is 1. The normalized spacial score (nSPS) is 11.4. The largest absolute Gasteiger partial charge is 0.411 e. The summed E-state index contributed by atoms with van der Waals surface area (Å²) in [5, 5.41) is 11.5. The van der Waals surface area contributed by atoms with Crippen LogP contribution in [-0.2, 0) is 22.7 Å². The molecule has 0 bridgehead atoms. The Morgan fingerprint density at radius 3 is 2.47 bits per heavy atom. The lowest BCUT2D eigenvalue weighted by atomic mass is 10.1. The lowest BCUT2D eigenvalue weighted by molar-refractivity contribution is -0.175. The van der Waals surface area contributed by atoms with Crippen LogP contribution in [0.1, 0.15) is 11.1 Å². The van der Waals surface area contributed by atoms with Gasteiger partial charge in [-0.25, -0.2) is 0 Å². The highest BCUT2D eigenvalue weighted by Crippen LogP contribution is 2.14. The molecule has 0 radical (unpaired) electrons. The number of nitrogens with one attached hydrogen (secondary N) is 1. The molecule has 4 nitrogen and oxygen atoms in total. The predicted octanol–water partition coefficient (Wildman–Crippen LogP) is 1.37. The summed E-state index contributed by atoms with van der Waals surface area (Å²) in [6.45, 7) is -2.14. The summed E-state index contributed by atoms with van der Waals surface area (Å²) < 4.78 is 39.5. The summed E-state index contributed by atoms with van der Waals surface area (Å²) in [5.74, 6) is -0.642. The molecule has 2 N–H and O–H groups in total. The van der Waals surface area contributed by atoms with Crippen LogP contribution in [0.2, 0.25) is 0 Å². The summed E-state index contributed by atoms with van der Waals surface area (Å²) in [6.07, 6.45) is -4.44. The van der Waals surface area contributed by atoms with Gasteiger partial charge in [-0.1, -0.05) is 24.3 Å². The number of hydrogen-bond acceptors (Lipinski definition) is 3. The van der Waals surface area contributed by atoms with E-state index in [0.717, 1.165) is 0 Å². The zero-order chi connectivity index (χ0) is 14.3. The maximum Gasteiger partial charge on any atom is 0.411 e. The first-order chi connectivity index (χ1) is 8.92. The molecule has 1 rings (SSSR count). The number of aliphatic hydroxyl groups excluding tert-OH is 1. The molecule has 0 aliphatic rings. The van der Waals surface area contributed by atoms with Gasteiger partial charge in [0.25, 0.3) is 0 Å². The van der Waals surface area contributed by atoms with Gasteiger partial charge in [0.1, 0.15) is 13.2 Å². The quantitative estimate of drug-likeness (QED) is 0.825. The number of carbonyl (C=O) groups excluding carboxylic acids is 1. The van der Waals surface area contributed by atoms with Gasteiger partial charge in [-0.05, 0) is 11.1 Å². The van der Waals surface area contributed by atoms with Crippen molar-refractivity contribution in [3.8, 4) is 0 Å². The number of halogens is 3. The Morgan fingerprint density at radius 1 is 1.26 bits per heavy atom. The first kappa shape index (κ1) is 15.5. The van der Waals surface area contributed by atoms with Crippen molar-refractivity contribution in [2.45, 2.75) is 19.3 Å². The zero-order valence-corrected chi connectivity index (χ0v) is 10.0. The van der Waals surface area contributed by atoms with E-state index in [-0.39, 0.29) is 13.2 Å². The highest BCUT2D eigenvalue weighted by Gasteiger charge is 2.27. The second kappa shape index (κ2) is 7.10. The van der Waals surface area contributed by atoms with Gasteiger partial charge in [0, 0.05) is 6.54 Å². The topological polar surface area (TPSA) is 58.6 Å². The van der Waals surface area contributed by atoms with E-state index >= 15 is 0 Å². The highest BCUT2D eigenvalue weighted by molar-refractivity contribution is 5.77. The Labute approximate surface area is 108 Å². The molecule has 106 valence electrons. The second-order valence-corrected chi connectivity index (χ2v) is 3.81. The van der Waals surface area contributed by atoms with Crippen LogP contribution in [0.4, 0.5) is 13.2 Å². The SMILES string of the molecule is O=C(COCC(F)(F)F)NCc1ccccc1CO. The summed E-state index contributed by atoms with van der Waals surface area (Å²) in [7, 11) is 0. The molecule has 0 saturated heterocycles. The predicted molar refractivity (Wildman–Crippen MR) is 61.1 cm³/mol. The van der Waals surface area contributed by atoms with Crippen LogP contribution in [0.3, 0.4) is 0 Å². The minimum Gasteiger partial charge on any atom is -0.392 e. The van der Waals surface area contributed by atoms with E-state index in [4.69, 9.17) is 5.11 Å². The molecule has 1 aromatic rings.